The van der Waals surface area contributed by atoms with Crippen LogP contribution >= 0.6 is 0 Å². The Balaban J connectivity index is 1.68. The van der Waals surface area contributed by atoms with Gasteiger partial charge >= 0.3 is 0 Å². The molecule has 0 aliphatic carbocycles. The fraction of sp³-hybridized carbons (Fsp3) is 0.312. The molecule has 1 saturated heterocycles. The third-order valence-corrected chi connectivity index (χ3v) is 7.20. The third kappa shape index (κ3) is 4.73. The van der Waals surface area contributed by atoms with Crippen molar-refractivity contribution in [2.45, 2.75) is 52.5 Å². The van der Waals surface area contributed by atoms with Crippen LogP contribution in [0.3, 0.4) is 0 Å². The van der Waals surface area contributed by atoms with Gasteiger partial charge in [-0.1, -0.05) is 52.0 Å². The Morgan fingerprint density at radius 2 is 1.67 bits per heavy atom. The van der Waals surface area contributed by atoms with E-state index in [0.717, 1.165) is 16.9 Å². The van der Waals surface area contributed by atoms with Crippen molar-refractivity contribution in [3.63, 3.8) is 0 Å². The van der Waals surface area contributed by atoms with Crippen LogP contribution in [0.1, 0.15) is 74.8 Å². The molecular weight excluding hydrogens is 494 g/mol. The molecule has 0 radical (unpaired) electrons. The normalized spacial score (nSPS) is 17.9. The van der Waals surface area contributed by atoms with Gasteiger partial charge in [0.25, 0.3) is 11.7 Å². The van der Waals surface area contributed by atoms with Gasteiger partial charge in [0.1, 0.15) is 11.5 Å². The average Bonchev–Trinajstić information content (AvgIpc) is 3.50. The second-order valence-corrected chi connectivity index (χ2v) is 10.4. The van der Waals surface area contributed by atoms with E-state index in [-0.39, 0.29) is 24.0 Å². The van der Waals surface area contributed by atoms with Crippen LogP contribution in [0.2, 0.25) is 0 Å². The highest BCUT2D eigenvalue weighted by Crippen LogP contribution is 2.45. The number of rotatable bonds is 7. The Hall–Kier alpha value is -4.26. The summed E-state index contributed by atoms with van der Waals surface area (Å²) in [6, 6.07) is 17.5. The summed E-state index contributed by atoms with van der Waals surface area (Å²) in [4.78, 5) is 28.6. The van der Waals surface area contributed by atoms with Crippen molar-refractivity contribution in [1.29, 1.82) is 0 Å². The number of anilines is 1. The molecule has 1 fully saturated rings. The number of Topliss-reactive ketones (excluding diaryl/α,β-unsaturated/α-hetero) is 1. The summed E-state index contributed by atoms with van der Waals surface area (Å²) in [5.41, 5.74) is 3.72. The van der Waals surface area contributed by atoms with Crippen LogP contribution in [0.5, 0.6) is 17.2 Å². The number of ether oxygens (including phenoxy) is 3. The summed E-state index contributed by atoms with van der Waals surface area (Å²) in [6.45, 7) is 10.8. The molecule has 39 heavy (non-hydrogen) atoms. The molecule has 2 aliphatic heterocycles. The molecule has 7 nitrogen and oxygen atoms in total. The molecular formula is C32H33NO6. The van der Waals surface area contributed by atoms with E-state index in [1.807, 2.05) is 51.1 Å². The van der Waals surface area contributed by atoms with Crippen LogP contribution in [0.15, 0.2) is 66.2 Å². The molecule has 2 heterocycles. The summed E-state index contributed by atoms with van der Waals surface area (Å²) in [5.74, 6) is 0.545. The molecule has 5 rings (SSSR count). The van der Waals surface area contributed by atoms with E-state index in [2.05, 4.69) is 13.8 Å². The lowest BCUT2D eigenvalue weighted by Gasteiger charge is -2.26. The highest BCUT2D eigenvalue weighted by atomic mass is 16.7. The zero-order chi connectivity index (χ0) is 27.8. The number of amides is 1. The van der Waals surface area contributed by atoms with Crippen LogP contribution in [0.4, 0.5) is 5.69 Å². The van der Waals surface area contributed by atoms with Crippen molar-refractivity contribution >= 4 is 23.1 Å². The molecule has 1 atom stereocenters. The van der Waals surface area contributed by atoms with Crippen LogP contribution in [-0.2, 0) is 9.59 Å². The number of benzene rings is 3. The number of aliphatic hydroxyl groups is 1. The number of hydrogen-bond acceptors (Lipinski definition) is 6. The van der Waals surface area contributed by atoms with Crippen molar-refractivity contribution in [3.05, 3.63) is 88.5 Å². The summed E-state index contributed by atoms with van der Waals surface area (Å²) in [7, 11) is 0. The second kappa shape index (κ2) is 10.5. The number of carbonyl (C=O) groups excluding carboxylic acids is 2. The van der Waals surface area contributed by atoms with E-state index in [0.29, 0.717) is 40.8 Å². The fourth-order valence-corrected chi connectivity index (χ4v) is 5.10. The van der Waals surface area contributed by atoms with Crippen molar-refractivity contribution in [2.75, 3.05) is 18.3 Å². The first-order valence-corrected chi connectivity index (χ1v) is 13.3. The molecule has 202 valence electrons. The summed E-state index contributed by atoms with van der Waals surface area (Å²) in [6.07, 6.45) is 0. The van der Waals surface area contributed by atoms with Gasteiger partial charge in [0.15, 0.2) is 11.5 Å². The number of fused-ring (bicyclic) bond motifs is 1. The maximum atomic E-state index is 13.6. The number of hydrogen-bond donors (Lipinski definition) is 1. The van der Waals surface area contributed by atoms with Gasteiger partial charge < -0.3 is 19.3 Å². The number of carbonyl (C=O) groups is 2. The Morgan fingerprint density at radius 3 is 2.33 bits per heavy atom. The largest absolute Gasteiger partial charge is 0.507 e. The molecule has 7 heteroatoms. The molecule has 0 spiro atoms. The van der Waals surface area contributed by atoms with E-state index in [9.17, 15) is 14.7 Å². The molecule has 3 aromatic carbocycles. The maximum Gasteiger partial charge on any atom is 0.300 e. The van der Waals surface area contributed by atoms with Gasteiger partial charge in [-0.15, -0.1) is 0 Å². The molecule has 0 bridgehead atoms. The van der Waals surface area contributed by atoms with E-state index in [4.69, 9.17) is 14.2 Å². The standard InChI is InChI=1S/C32H33NO6/c1-6-37-25-13-11-22(15-24(25)19(4)5)30(34)28-29(21-9-7-20(8-10-21)18(2)3)33(32(36)31(28)35)23-12-14-26-27(16-23)39-17-38-26/h7-16,18-19,29,34H,6,17H2,1-5H3/b30-28+. The highest BCUT2D eigenvalue weighted by molar-refractivity contribution is 6.51. The lowest BCUT2D eigenvalue weighted by Crippen LogP contribution is -2.29. The second-order valence-electron chi connectivity index (χ2n) is 10.4. The molecule has 0 aromatic heterocycles. The third-order valence-electron chi connectivity index (χ3n) is 7.20. The monoisotopic (exact) mass is 527 g/mol. The van der Waals surface area contributed by atoms with Gasteiger partial charge in [-0.25, -0.2) is 0 Å². The van der Waals surface area contributed by atoms with Gasteiger partial charge in [-0.05, 0) is 65.8 Å². The topological polar surface area (TPSA) is 85.3 Å². The predicted molar refractivity (Wildman–Crippen MR) is 150 cm³/mol. The van der Waals surface area contributed by atoms with E-state index in [1.165, 1.54) is 4.90 Å². The average molecular weight is 528 g/mol. The SMILES string of the molecule is CCOc1ccc(/C(O)=C2\C(=O)C(=O)N(c3ccc4c(c3)OCO4)C2c2ccc(C(C)C)cc2)cc1C(C)C. The molecule has 3 aromatic rings. The number of ketones is 1. The summed E-state index contributed by atoms with van der Waals surface area (Å²) >= 11 is 0. The minimum Gasteiger partial charge on any atom is -0.507 e. The first kappa shape index (κ1) is 26.4. The first-order chi connectivity index (χ1) is 18.7. The van der Waals surface area contributed by atoms with Crippen LogP contribution in [0.25, 0.3) is 5.76 Å². The predicted octanol–water partition coefficient (Wildman–Crippen LogP) is 6.69. The minimum absolute atomic E-state index is 0.0360. The first-order valence-electron chi connectivity index (χ1n) is 13.3. The summed E-state index contributed by atoms with van der Waals surface area (Å²) < 4.78 is 16.7. The quantitative estimate of drug-likeness (QED) is 0.209. The van der Waals surface area contributed by atoms with Crippen molar-refractivity contribution in [3.8, 4) is 17.2 Å². The maximum absolute atomic E-state index is 13.6. The van der Waals surface area contributed by atoms with Crippen molar-refractivity contribution in [1.82, 2.24) is 0 Å². The van der Waals surface area contributed by atoms with Gasteiger partial charge in [-0.3, -0.25) is 14.5 Å². The van der Waals surface area contributed by atoms with Gasteiger partial charge in [0, 0.05) is 17.3 Å². The van der Waals surface area contributed by atoms with E-state index in [1.54, 1.807) is 30.3 Å². The number of nitrogens with zero attached hydrogens (tertiary/aromatic N) is 1. The molecule has 1 unspecified atom stereocenters. The zero-order valence-corrected chi connectivity index (χ0v) is 22.9. The van der Waals surface area contributed by atoms with E-state index < -0.39 is 17.7 Å². The summed E-state index contributed by atoms with van der Waals surface area (Å²) in [5, 5.41) is 11.6. The Morgan fingerprint density at radius 1 is 0.949 bits per heavy atom. The van der Waals surface area contributed by atoms with Gasteiger partial charge in [-0.2, -0.15) is 0 Å². The number of aliphatic hydroxyl groups excluding tert-OH is 1. The Labute approximate surface area is 228 Å². The Bertz CT molecular complexity index is 1450. The van der Waals surface area contributed by atoms with Gasteiger partial charge in [0.05, 0.1) is 18.2 Å². The lowest BCUT2D eigenvalue weighted by atomic mass is 9.92. The molecule has 1 amide bonds. The lowest BCUT2D eigenvalue weighted by molar-refractivity contribution is -0.132. The van der Waals surface area contributed by atoms with Crippen molar-refractivity contribution in [2.24, 2.45) is 0 Å². The van der Waals surface area contributed by atoms with Crippen LogP contribution in [0, 0.1) is 0 Å². The molecule has 0 saturated carbocycles. The van der Waals surface area contributed by atoms with Crippen LogP contribution < -0.4 is 19.1 Å². The van der Waals surface area contributed by atoms with E-state index >= 15 is 0 Å². The highest BCUT2D eigenvalue weighted by Gasteiger charge is 2.47. The Kier molecular flexibility index (Phi) is 7.08. The fourth-order valence-electron chi connectivity index (χ4n) is 5.10. The zero-order valence-electron chi connectivity index (χ0n) is 22.9. The van der Waals surface area contributed by atoms with Crippen molar-refractivity contribution < 1.29 is 28.9 Å². The molecule has 2 aliphatic rings. The minimum atomic E-state index is -0.833. The van der Waals surface area contributed by atoms with Crippen LogP contribution in [-0.4, -0.2) is 30.2 Å². The smallest absolute Gasteiger partial charge is 0.300 e. The van der Waals surface area contributed by atoms with Gasteiger partial charge in [0.2, 0.25) is 6.79 Å². The molecule has 1 N–H and O–H groups in total.